The van der Waals surface area contributed by atoms with Gasteiger partial charge in [0.1, 0.15) is 0 Å². The number of ether oxygens (including phenoxy) is 1. The lowest BCUT2D eigenvalue weighted by atomic mass is 10.1. The molecule has 7 heteroatoms. The summed E-state index contributed by atoms with van der Waals surface area (Å²) >= 11 is 2.08. The molecule has 5 nitrogen and oxygen atoms in total. The topological polar surface area (TPSA) is 48.9 Å². The normalized spacial score (nSPS) is 23.3. The van der Waals surface area contributed by atoms with E-state index in [-0.39, 0.29) is 24.0 Å². The number of morpholine rings is 1. The van der Waals surface area contributed by atoms with Crippen molar-refractivity contribution in [2.24, 2.45) is 4.99 Å². The summed E-state index contributed by atoms with van der Waals surface area (Å²) in [7, 11) is 0. The number of guanidine groups is 1. The van der Waals surface area contributed by atoms with Gasteiger partial charge in [-0.3, -0.25) is 4.90 Å². The predicted octanol–water partition coefficient (Wildman–Crippen LogP) is 3.48. The Labute approximate surface area is 191 Å². The van der Waals surface area contributed by atoms with Gasteiger partial charge in [-0.1, -0.05) is 24.3 Å². The van der Waals surface area contributed by atoms with Crippen LogP contribution in [-0.4, -0.2) is 60.8 Å². The second-order valence-electron chi connectivity index (χ2n) is 7.66. The number of rotatable bonds is 7. The van der Waals surface area contributed by atoms with Crippen LogP contribution >= 0.6 is 35.7 Å². The van der Waals surface area contributed by atoms with E-state index in [4.69, 9.17) is 9.73 Å². The number of benzene rings is 1. The predicted molar refractivity (Wildman–Crippen MR) is 131 cm³/mol. The van der Waals surface area contributed by atoms with Gasteiger partial charge in [-0.25, -0.2) is 4.99 Å². The van der Waals surface area contributed by atoms with Gasteiger partial charge in [0.05, 0.1) is 19.8 Å². The number of hydrogen-bond donors (Lipinski definition) is 2. The fourth-order valence-corrected chi connectivity index (χ4v) is 4.85. The van der Waals surface area contributed by atoms with Crippen molar-refractivity contribution in [1.29, 1.82) is 0 Å². The van der Waals surface area contributed by atoms with Crippen LogP contribution in [0.25, 0.3) is 0 Å². The molecule has 1 unspecified atom stereocenters. The maximum atomic E-state index is 5.44. The molecule has 28 heavy (non-hydrogen) atoms. The minimum absolute atomic E-state index is 0. The van der Waals surface area contributed by atoms with Crippen molar-refractivity contribution in [3.05, 3.63) is 35.4 Å². The number of nitrogens with one attached hydrogen (secondary N) is 2. The molecule has 0 spiro atoms. The summed E-state index contributed by atoms with van der Waals surface area (Å²) in [6.07, 6.45) is 2.61. The Morgan fingerprint density at radius 1 is 1.25 bits per heavy atom. The summed E-state index contributed by atoms with van der Waals surface area (Å²) in [5.41, 5.74) is 2.62. The van der Waals surface area contributed by atoms with Gasteiger partial charge in [0.15, 0.2) is 5.96 Å². The van der Waals surface area contributed by atoms with E-state index in [0.717, 1.165) is 51.9 Å². The SMILES string of the molecule is CCNC(=NCc1cccc(CN2CCOCC2)c1)NCC1(C)CCCS1.I. The van der Waals surface area contributed by atoms with Gasteiger partial charge in [-0.15, -0.1) is 24.0 Å². The van der Waals surface area contributed by atoms with Crippen LogP contribution < -0.4 is 10.6 Å². The van der Waals surface area contributed by atoms with E-state index in [1.807, 2.05) is 0 Å². The van der Waals surface area contributed by atoms with Crippen molar-refractivity contribution in [1.82, 2.24) is 15.5 Å². The van der Waals surface area contributed by atoms with Gasteiger partial charge in [0.25, 0.3) is 0 Å². The van der Waals surface area contributed by atoms with E-state index in [1.165, 1.54) is 29.7 Å². The Hall–Kier alpha value is -0.510. The zero-order valence-corrected chi connectivity index (χ0v) is 20.4. The summed E-state index contributed by atoms with van der Waals surface area (Å²) in [4.78, 5) is 7.27. The first-order valence-electron chi connectivity index (χ1n) is 10.2. The minimum atomic E-state index is 0. The number of halogens is 1. The molecular formula is C21H35IN4OS. The van der Waals surface area contributed by atoms with Crippen LogP contribution in [0.2, 0.25) is 0 Å². The molecule has 2 saturated heterocycles. The third kappa shape index (κ3) is 7.72. The smallest absolute Gasteiger partial charge is 0.191 e. The summed E-state index contributed by atoms with van der Waals surface area (Å²) in [5.74, 6) is 2.20. The Balaban J connectivity index is 0.00000280. The fraction of sp³-hybridized carbons (Fsp3) is 0.667. The molecule has 0 aromatic heterocycles. The largest absolute Gasteiger partial charge is 0.379 e. The highest BCUT2D eigenvalue weighted by Gasteiger charge is 2.29. The molecule has 2 aliphatic rings. The molecule has 0 radical (unpaired) electrons. The number of hydrogen-bond acceptors (Lipinski definition) is 4. The first-order valence-corrected chi connectivity index (χ1v) is 11.2. The molecular weight excluding hydrogens is 483 g/mol. The number of nitrogens with zero attached hydrogens (tertiary/aromatic N) is 2. The second-order valence-corrected chi connectivity index (χ2v) is 9.34. The van der Waals surface area contributed by atoms with E-state index in [2.05, 4.69) is 65.4 Å². The van der Waals surface area contributed by atoms with Gasteiger partial charge >= 0.3 is 0 Å². The number of thioether (sulfide) groups is 1. The van der Waals surface area contributed by atoms with Crippen molar-refractivity contribution in [2.75, 3.05) is 45.1 Å². The van der Waals surface area contributed by atoms with Gasteiger partial charge in [-0.2, -0.15) is 11.8 Å². The number of aliphatic imine (C=N–C) groups is 1. The lowest BCUT2D eigenvalue weighted by Gasteiger charge is -2.26. The first kappa shape index (κ1) is 23.8. The molecule has 1 aromatic carbocycles. The highest BCUT2D eigenvalue weighted by molar-refractivity contribution is 14.0. The van der Waals surface area contributed by atoms with E-state index in [1.54, 1.807) is 0 Å². The first-order chi connectivity index (χ1) is 13.2. The molecule has 2 N–H and O–H groups in total. The third-order valence-corrected chi connectivity index (χ3v) is 6.73. The quantitative estimate of drug-likeness (QED) is 0.329. The summed E-state index contributed by atoms with van der Waals surface area (Å²) in [5, 5.41) is 6.93. The molecule has 2 heterocycles. The summed E-state index contributed by atoms with van der Waals surface area (Å²) in [6.45, 7) is 11.8. The maximum Gasteiger partial charge on any atom is 0.191 e. The average Bonchev–Trinajstić information content (AvgIpc) is 3.12. The molecule has 1 aromatic rings. The maximum absolute atomic E-state index is 5.44. The lowest BCUT2D eigenvalue weighted by Crippen LogP contribution is -2.43. The Morgan fingerprint density at radius 3 is 2.75 bits per heavy atom. The minimum Gasteiger partial charge on any atom is -0.379 e. The Morgan fingerprint density at radius 2 is 2.04 bits per heavy atom. The third-order valence-electron chi connectivity index (χ3n) is 5.20. The molecule has 3 rings (SSSR count). The zero-order chi connectivity index (χ0) is 19.0. The van der Waals surface area contributed by atoms with Crippen LogP contribution in [0.1, 0.15) is 37.8 Å². The van der Waals surface area contributed by atoms with Crippen LogP contribution in [0.15, 0.2) is 29.3 Å². The summed E-state index contributed by atoms with van der Waals surface area (Å²) < 4.78 is 5.78. The van der Waals surface area contributed by atoms with E-state index >= 15 is 0 Å². The highest BCUT2D eigenvalue weighted by atomic mass is 127. The van der Waals surface area contributed by atoms with Crippen LogP contribution in [0.5, 0.6) is 0 Å². The Bertz CT molecular complexity index is 616. The molecule has 2 aliphatic heterocycles. The van der Waals surface area contributed by atoms with Crippen LogP contribution in [-0.2, 0) is 17.8 Å². The standard InChI is InChI=1S/C21H34N4OS.HI/c1-3-22-20(24-17-21(2)8-5-13-27-21)23-15-18-6-4-7-19(14-18)16-25-9-11-26-12-10-25;/h4,6-7,14H,3,5,8-13,15-17H2,1-2H3,(H2,22,23,24);1H. The monoisotopic (exact) mass is 518 g/mol. The zero-order valence-electron chi connectivity index (χ0n) is 17.2. The fourth-order valence-electron chi connectivity index (χ4n) is 3.60. The van der Waals surface area contributed by atoms with Crippen molar-refractivity contribution >= 4 is 41.7 Å². The lowest BCUT2D eigenvalue weighted by molar-refractivity contribution is 0.0342. The molecule has 1 atom stereocenters. The molecule has 0 amide bonds. The summed E-state index contributed by atoms with van der Waals surface area (Å²) in [6, 6.07) is 8.82. The van der Waals surface area contributed by atoms with Crippen molar-refractivity contribution in [3.63, 3.8) is 0 Å². The van der Waals surface area contributed by atoms with Crippen LogP contribution in [0, 0.1) is 0 Å². The van der Waals surface area contributed by atoms with Crippen molar-refractivity contribution < 1.29 is 4.74 Å². The molecule has 0 aliphatic carbocycles. The highest BCUT2D eigenvalue weighted by Crippen LogP contribution is 2.36. The second kappa shape index (κ2) is 12.2. The molecule has 158 valence electrons. The molecule has 2 fully saturated rings. The van der Waals surface area contributed by atoms with Gasteiger partial charge in [-0.05, 0) is 43.6 Å². The van der Waals surface area contributed by atoms with Gasteiger partial charge in [0, 0.05) is 37.5 Å². The average molecular weight is 519 g/mol. The van der Waals surface area contributed by atoms with E-state index < -0.39 is 0 Å². The van der Waals surface area contributed by atoms with Crippen molar-refractivity contribution in [3.8, 4) is 0 Å². The van der Waals surface area contributed by atoms with Gasteiger partial charge in [0.2, 0.25) is 0 Å². The Kier molecular flexibility index (Phi) is 10.4. The van der Waals surface area contributed by atoms with E-state index in [9.17, 15) is 0 Å². The van der Waals surface area contributed by atoms with Gasteiger partial charge < -0.3 is 15.4 Å². The van der Waals surface area contributed by atoms with Crippen LogP contribution in [0.3, 0.4) is 0 Å². The molecule has 0 bridgehead atoms. The van der Waals surface area contributed by atoms with Crippen LogP contribution in [0.4, 0.5) is 0 Å². The molecule has 0 saturated carbocycles. The van der Waals surface area contributed by atoms with E-state index in [0.29, 0.717) is 11.3 Å². The van der Waals surface area contributed by atoms with Crippen molar-refractivity contribution in [2.45, 2.75) is 44.5 Å².